The van der Waals surface area contributed by atoms with Crippen LogP contribution in [0.2, 0.25) is 10.0 Å². The second kappa shape index (κ2) is 8.40. The molecule has 140 valence electrons. The van der Waals surface area contributed by atoms with Gasteiger partial charge in [0.15, 0.2) is 11.5 Å². The summed E-state index contributed by atoms with van der Waals surface area (Å²) in [4.78, 5) is 3.95. The Morgan fingerprint density at radius 2 is 1.85 bits per heavy atom. The monoisotopic (exact) mass is 401 g/mol. The van der Waals surface area contributed by atoms with Gasteiger partial charge in [-0.05, 0) is 54.4 Å². The molecule has 0 aliphatic heterocycles. The summed E-state index contributed by atoms with van der Waals surface area (Å²) in [6.45, 7) is -0.365. The predicted molar refractivity (Wildman–Crippen MR) is 97.7 cm³/mol. The Hall–Kier alpha value is -1.59. The van der Waals surface area contributed by atoms with E-state index in [0.717, 1.165) is 24.0 Å². The third-order valence-electron chi connectivity index (χ3n) is 4.39. The Morgan fingerprint density at radius 3 is 2.46 bits per heavy atom. The molecule has 1 fully saturated rings. The van der Waals surface area contributed by atoms with E-state index in [2.05, 4.69) is 9.72 Å². The van der Waals surface area contributed by atoms with Crippen molar-refractivity contribution in [2.75, 3.05) is 6.61 Å². The molecule has 26 heavy (non-hydrogen) atoms. The minimum absolute atomic E-state index is 0.0521. The zero-order valence-electron chi connectivity index (χ0n) is 14.2. The molecule has 1 aliphatic carbocycles. The van der Waals surface area contributed by atoms with Gasteiger partial charge in [0, 0.05) is 12.4 Å². The quantitative estimate of drug-likeness (QED) is 0.533. The highest BCUT2D eigenvalue weighted by Gasteiger charge is 2.23. The van der Waals surface area contributed by atoms with Gasteiger partial charge in [-0.3, -0.25) is 4.98 Å². The topological polar surface area (TPSA) is 31.4 Å². The van der Waals surface area contributed by atoms with Crippen LogP contribution in [0.3, 0.4) is 0 Å². The van der Waals surface area contributed by atoms with Crippen LogP contribution in [0.25, 0.3) is 0 Å². The highest BCUT2D eigenvalue weighted by Crippen LogP contribution is 2.37. The Kier molecular flexibility index (Phi) is 6.20. The first-order valence-electron chi connectivity index (χ1n) is 8.43. The lowest BCUT2D eigenvalue weighted by Gasteiger charge is -2.18. The highest BCUT2D eigenvalue weighted by atomic mass is 35.5. The number of ether oxygens (including phenoxy) is 2. The van der Waals surface area contributed by atoms with E-state index < -0.39 is 6.61 Å². The number of aromatic nitrogens is 1. The van der Waals surface area contributed by atoms with Gasteiger partial charge in [-0.15, -0.1) is 0 Å². The summed E-state index contributed by atoms with van der Waals surface area (Å²) in [6, 6.07) is 5.04. The standard InChI is InChI=1S/C19H19Cl2F2NO2/c1-11(6-14-15(20)8-24-9-16(14)21)13-4-5-17(26-19(22)23)18(7-13)25-10-12-2-3-12/h4-5,7-9,11-12,19H,2-3,6,10H2,1H3. The van der Waals surface area contributed by atoms with Crippen LogP contribution < -0.4 is 9.47 Å². The van der Waals surface area contributed by atoms with Crippen molar-refractivity contribution in [1.29, 1.82) is 0 Å². The number of halogens is 4. The summed E-state index contributed by atoms with van der Waals surface area (Å²) in [6.07, 6.45) is 5.93. The fourth-order valence-electron chi connectivity index (χ4n) is 2.69. The normalized spacial score (nSPS) is 15.2. The Balaban J connectivity index is 1.80. The van der Waals surface area contributed by atoms with E-state index in [9.17, 15) is 8.78 Å². The van der Waals surface area contributed by atoms with Gasteiger partial charge in [-0.25, -0.2) is 0 Å². The zero-order chi connectivity index (χ0) is 18.7. The summed E-state index contributed by atoms with van der Waals surface area (Å²) in [7, 11) is 0. The molecule has 1 aromatic carbocycles. The maximum Gasteiger partial charge on any atom is 0.387 e. The molecule has 3 rings (SSSR count). The average molecular weight is 402 g/mol. The van der Waals surface area contributed by atoms with Crippen LogP contribution in [0.5, 0.6) is 11.5 Å². The Labute approximate surface area is 161 Å². The molecule has 0 spiro atoms. The number of pyridine rings is 1. The van der Waals surface area contributed by atoms with Gasteiger partial charge < -0.3 is 9.47 Å². The van der Waals surface area contributed by atoms with Gasteiger partial charge >= 0.3 is 6.61 Å². The van der Waals surface area contributed by atoms with Crippen LogP contribution in [-0.2, 0) is 6.42 Å². The van der Waals surface area contributed by atoms with Gasteiger partial charge in [-0.2, -0.15) is 8.78 Å². The van der Waals surface area contributed by atoms with E-state index in [0.29, 0.717) is 34.7 Å². The number of nitrogens with zero attached hydrogens (tertiary/aromatic N) is 1. The summed E-state index contributed by atoms with van der Waals surface area (Å²) >= 11 is 12.4. The third kappa shape index (κ3) is 4.98. The average Bonchev–Trinajstić information content (AvgIpc) is 3.41. The van der Waals surface area contributed by atoms with Gasteiger partial charge in [-0.1, -0.05) is 36.2 Å². The van der Waals surface area contributed by atoms with Crippen molar-refractivity contribution in [1.82, 2.24) is 4.98 Å². The van der Waals surface area contributed by atoms with Gasteiger partial charge in [0.2, 0.25) is 0 Å². The fourth-order valence-corrected chi connectivity index (χ4v) is 3.21. The van der Waals surface area contributed by atoms with Crippen molar-refractivity contribution in [2.24, 2.45) is 5.92 Å². The molecule has 0 bridgehead atoms. The van der Waals surface area contributed by atoms with E-state index in [1.807, 2.05) is 6.92 Å². The molecular weight excluding hydrogens is 383 g/mol. The van der Waals surface area contributed by atoms with Crippen LogP contribution in [0.15, 0.2) is 30.6 Å². The van der Waals surface area contributed by atoms with Gasteiger partial charge in [0.05, 0.1) is 16.7 Å². The first kappa shape index (κ1) is 19.2. The molecule has 1 saturated carbocycles. The predicted octanol–water partition coefficient (Wildman–Crippen LogP) is 6.12. The third-order valence-corrected chi connectivity index (χ3v) is 5.04. The highest BCUT2D eigenvalue weighted by molar-refractivity contribution is 6.35. The molecule has 3 nitrogen and oxygen atoms in total. The molecule has 1 heterocycles. The first-order valence-corrected chi connectivity index (χ1v) is 9.19. The van der Waals surface area contributed by atoms with Gasteiger partial charge in [0.1, 0.15) is 0 Å². The van der Waals surface area contributed by atoms with E-state index in [1.54, 1.807) is 24.5 Å². The molecular formula is C19H19Cl2F2NO2. The molecule has 0 saturated heterocycles. The van der Waals surface area contributed by atoms with Crippen molar-refractivity contribution < 1.29 is 18.3 Å². The lowest BCUT2D eigenvalue weighted by Crippen LogP contribution is -2.07. The minimum Gasteiger partial charge on any atom is -0.489 e. The van der Waals surface area contributed by atoms with Crippen LogP contribution in [0, 0.1) is 5.92 Å². The largest absolute Gasteiger partial charge is 0.489 e. The second-order valence-corrected chi connectivity index (χ2v) is 7.34. The van der Waals surface area contributed by atoms with Crippen LogP contribution in [0.1, 0.15) is 36.8 Å². The van der Waals surface area contributed by atoms with Gasteiger partial charge in [0.25, 0.3) is 0 Å². The molecule has 7 heteroatoms. The number of benzene rings is 1. The minimum atomic E-state index is -2.89. The molecule has 0 radical (unpaired) electrons. The number of hydrogen-bond donors (Lipinski definition) is 0. The van der Waals surface area contributed by atoms with Crippen molar-refractivity contribution in [3.8, 4) is 11.5 Å². The smallest absolute Gasteiger partial charge is 0.387 e. The number of hydrogen-bond acceptors (Lipinski definition) is 3. The molecule has 0 amide bonds. The lowest BCUT2D eigenvalue weighted by molar-refractivity contribution is -0.0515. The number of rotatable bonds is 8. The first-order chi connectivity index (χ1) is 12.4. The Morgan fingerprint density at radius 1 is 1.15 bits per heavy atom. The van der Waals surface area contributed by atoms with Crippen molar-refractivity contribution in [3.05, 3.63) is 51.8 Å². The molecule has 0 N–H and O–H groups in total. The second-order valence-electron chi connectivity index (χ2n) is 6.53. The fraction of sp³-hybridized carbons (Fsp3) is 0.421. The molecule has 1 aliphatic rings. The van der Waals surface area contributed by atoms with Crippen molar-refractivity contribution in [3.63, 3.8) is 0 Å². The molecule has 2 aromatic rings. The molecule has 1 atom stereocenters. The van der Waals surface area contributed by atoms with Crippen LogP contribution >= 0.6 is 23.2 Å². The van der Waals surface area contributed by atoms with E-state index in [1.165, 1.54) is 6.07 Å². The van der Waals surface area contributed by atoms with E-state index >= 15 is 0 Å². The summed E-state index contributed by atoms with van der Waals surface area (Å²) in [5.41, 5.74) is 1.74. The van der Waals surface area contributed by atoms with E-state index in [-0.39, 0.29) is 11.7 Å². The molecule has 1 unspecified atom stereocenters. The number of alkyl halides is 2. The summed E-state index contributed by atoms with van der Waals surface area (Å²) < 4.78 is 35.6. The summed E-state index contributed by atoms with van der Waals surface area (Å²) in [5, 5.41) is 1.01. The lowest BCUT2D eigenvalue weighted by atomic mass is 9.94. The zero-order valence-corrected chi connectivity index (χ0v) is 15.7. The van der Waals surface area contributed by atoms with E-state index in [4.69, 9.17) is 27.9 Å². The van der Waals surface area contributed by atoms with Crippen molar-refractivity contribution >= 4 is 23.2 Å². The Bertz CT molecular complexity index is 749. The van der Waals surface area contributed by atoms with Crippen molar-refractivity contribution in [2.45, 2.75) is 38.7 Å². The van der Waals surface area contributed by atoms with Crippen LogP contribution in [-0.4, -0.2) is 18.2 Å². The maximum atomic E-state index is 12.6. The maximum absolute atomic E-state index is 12.6. The molecule has 1 aromatic heterocycles. The SMILES string of the molecule is CC(Cc1c(Cl)cncc1Cl)c1ccc(OC(F)F)c(OCC2CC2)c1. The van der Waals surface area contributed by atoms with Crippen LogP contribution in [0.4, 0.5) is 8.78 Å². The summed E-state index contributed by atoms with van der Waals surface area (Å²) in [5.74, 6) is 0.950.